The first-order valence-electron chi connectivity index (χ1n) is 6.53. The van der Waals surface area contributed by atoms with Crippen molar-refractivity contribution >= 4 is 11.8 Å². The predicted octanol–water partition coefficient (Wildman–Crippen LogP) is 0.485. The van der Waals surface area contributed by atoms with Crippen LogP contribution in [0.15, 0.2) is 0 Å². The molecule has 18 heavy (non-hydrogen) atoms. The van der Waals surface area contributed by atoms with Gasteiger partial charge in [-0.15, -0.1) is 11.8 Å². The lowest BCUT2D eigenvalue weighted by Crippen LogP contribution is -2.55. The molecule has 1 saturated carbocycles. The molecular weight excluding hydrogens is 256 g/mol. The van der Waals surface area contributed by atoms with Crippen molar-refractivity contribution in [1.82, 2.24) is 0 Å². The molecule has 0 aromatic heterocycles. The molecule has 0 aromatic rings. The molecule has 2 atom stereocenters. The lowest BCUT2D eigenvalue weighted by molar-refractivity contribution is -0.317. The zero-order valence-corrected chi connectivity index (χ0v) is 11.2. The molecule has 2 heterocycles. The Kier molecular flexibility index (Phi) is 3.59. The maximum atomic E-state index is 9.52. The molecule has 104 valence electrons. The molecule has 0 radical (unpaired) electrons. The van der Waals surface area contributed by atoms with Gasteiger partial charge in [0.05, 0.1) is 25.9 Å². The number of hydrogen-bond donors (Lipinski definition) is 2. The van der Waals surface area contributed by atoms with Crippen LogP contribution in [0.2, 0.25) is 0 Å². The van der Waals surface area contributed by atoms with Crippen molar-refractivity contribution in [3.05, 3.63) is 0 Å². The second-order valence-corrected chi connectivity index (χ2v) is 6.77. The lowest BCUT2D eigenvalue weighted by Gasteiger charge is -2.50. The van der Waals surface area contributed by atoms with Crippen LogP contribution < -0.4 is 0 Å². The first kappa shape index (κ1) is 13.1. The Hall–Kier alpha value is 0.150. The van der Waals surface area contributed by atoms with E-state index in [2.05, 4.69) is 0 Å². The molecule has 3 rings (SSSR count). The third-order valence-corrected chi connectivity index (χ3v) is 5.35. The van der Waals surface area contributed by atoms with Crippen LogP contribution in [0.3, 0.4) is 0 Å². The summed E-state index contributed by atoms with van der Waals surface area (Å²) in [5.74, 6) is 0.117. The topological polar surface area (TPSA) is 68.2 Å². The summed E-state index contributed by atoms with van der Waals surface area (Å²) in [5.41, 5.74) is 0. The molecule has 0 bridgehead atoms. The molecule has 2 N–H and O–H groups in total. The zero-order chi connectivity index (χ0) is 12.6. The first-order valence-corrected chi connectivity index (χ1v) is 7.52. The van der Waals surface area contributed by atoms with Gasteiger partial charge in [0.1, 0.15) is 11.0 Å². The van der Waals surface area contributed by atoms with Crippen LogP contribution in [0, 0.1) is 0 Å². The molecular formula is C12H20O5S. The maximum absolute atomic E-state index is 9.52. The Balaban J connectivity index is 1.68. The Bertz CT molecular complexity index is 267. The second kappa shape index (κ2) is 4.92. The van der Waals surface area contributed by atoms with Crippen LogP contribution in [0.25, 0.3) is 0 Å². The summed E-state index contributed by atoms with van der Waals surface area (Å²) in [6.07, 6.45) is 2.61. The Morgan fingerprint density at radius 3 is 2.33 bits per heavy atom. The standard InChI is InChI=1S/C12H20O5S/c13-9-4-15-11(16-5-9)2-1-3-12(8-11)17-6-10(14)7-18-12/h9-10,13-14H,1-8H2. The summed E-state index contributed by atoms with van der Waals surface area (Å²) in [6.45, 7) is 1.07. The quantitative estimate of drug-likeness (QED) is 0.671. The van der Waals surface area contributed by atoms with Crippen molar-refractivity contribution in [2.24, 2.45) is 0 Å². The van der Waals surface area contributed by atoms with Gasteiger partial charge in [0.15, 0.2) is 5.79 Å². The van der Waals surface area contributed by atoms with E-state index >= 15 is 0 Å². The van der Waals surface area contributed by atoms with Gasteiger partial charge in [0.25, 0.3) is 0 Å². The van der Waals surface area contributed by atoms with Crippen molar-refractivity contribution in [1.29, 1.82) is 0 Å². The molecule has 2 unspecified atom stereocenters. The fourth-order valence-corrected chi connectivity index (χ4v) is 4.23. The van der Waals surface area contributed by atoms with Gasteiger partial charge < -0.3 is 24.4 Å². The van der Waals surface area contributed by atoms with E-state index in [1.165, 1.54) is 0 Å². The summed E-state index contributed by atoms with van der Waals surface area (Å²) >= 11 is 1.67. The van der Waals surface area contributed by atoms with Gasteiger partial charge in [0.2, 0.25) is 0 Å². The fourth-order valence-electron chi connectivity index (χ4n) is 2.88. The lowest BCUT2D eigenvalue weighted by atomic mass is 9.90. The van der Waals surface area contributed by atoms with Crippen LogP contribution in [-0.2, 0) is 14.2 Å². The van der Waals surface area contributed by atoms with Crippen molar-refractivity contribution < 1.29 is 24.4 Å². The average molecular weight is 276 g/mol. The molecule has 3 fully saturated rings. The number of ether oxygens (including phenoxy) is 3. The average Bonchev–Trinajstić information content (AvgIpc) is 2.38. The normalized spacial score (nSPS) is 49.7. The second-order valence-electron chi connectivity index (χ2n) is 5.40. The number of aliphatic hydroxyl groups is 2. The minimum atomic E-state index is -0.591. The summed E-state index contributed by atoms with van der Waals surface area (Å²) in [6, 6.07) is 0. The summed E-state index contributed by atoms with van der Waals surface area (Å²) in [4.78, 5) is -0.278. The highest BCUT2D eigenvalue weighted by molar-refractivity contribution is 8.00. The number of rotatable bonds is 0. The molecule has 0 aromatic carbocycles. The van der Waals surface area contributed by atoms with Gasteiger partial charge in [0, 0.05) is 18.6 Å². The fraction of sp³-hybridized carbons (Fsp3) is 1.00. The van der Waals surface area contributed by atoms with Gasteiger partial charge >= 0.3 is 0 Å². The van der Waals surface area contributed by atoms with Crippen molar-refractivity contribution in [2.45, 2.75) is 48.6 Å². The summed E-state index contributed by atoms with van der Waals surface area (Å²) in [7, 11) is 0. The monoisotopic (exact) mass is 276 g/mol. The van der Waals surface area contributed by atoms with E-state index in [4.69, 9.17) is 14.2 Å². The third kappa shape index (κ3) is 2.55. The van der Waals surface area contributed by atoms with E-state index in [0.717, 1.165) is 19.3 Å². The Morgan fingerprint density at radius 1 is 0.944 bits per heavy atom. The highest BCUT2D eigenvalue weighted by Crippen LogP contribution is 2.49. The maximum Gasteiger partial charge on any atom is 0.172 e. The molecule has 0 amide bonds. The molecule has 5 nitrogen and oxygen atoms in total. The number of hydrogen-bond acceptors (Lipinski definition) is 6. The molecule has 2 saturated heterocycles. The van der Waals surface area contributed by atoms with Gasteiger partial charge in [-0.3, -0.25) is 0 Å². The van der Waals surface area contributed by atoms with Crippen LogP contribution >= 0.6 is 11.8 Å². The van der Waals surface area contributed by atoms with Crippen LogP contribution in [0.1, 0.15) is 25.7 Å². The van der Waals surface area contributed by atoms with Gasteiger partial charge in [-0.25, -0.2) is 0 Å². The van der Waals surface area contributed by atoms with E-state index < -0.39 is 11.9 Å². The van der Waals surface area contributed by atoms with Crippen LogP contribution in [0.5, 0.6) is 0 Å². The van der Waals surface area contributed by atoms with E-state index in [0.29, 0.717) is 32.0 Å². The van der Waals surface area contributed by atoms with E-state index in [1.807, 2.05) is 0 Å². The van der Waals surface area contributed by atoms with Crippen molar-refractivity contribution in [2.75, 3.05) is 25.6 Å². The molecule has 1 aliphatic carbocycles. The molecule has 3 aliphatic rings. The van der Waals surface area contributed by atoms with Crippen molar-refractivity contribution in [3.63, 3.8) is 0 Å². The zero-order valence-electron chi connectivity index (χ0n) is 10.3. The predicted molar refractivity (Wildman–Crippen MR) is 66.3 cm³/mol. The molecule has 6 heteroatoms. The number of thioether (sulfide) groups is 1. The van der Waals surface area contributed by atoms with E-state index in [1.54, 1.807) is 11.8 Å². The van der Waals surface area contributed by atoms with Gasteiger partial charge in [-0.05, 0) is 12.8 Å². The van der Waals surface area contributed by atoms with Gasteiger partial charge in [-0.2, -0.15) is 0 Å². The third-order valence-electron chi connectivity index (χ3n) is 3.81. The Labute approximate surface area is 111 Å². The first-order chi connectivity index (χ1) is 8.62. The molecule has 2 aliphatic heterocycles. The van der Waals surface area contributed by atoms with E-state index in [9.17, 15) is 10.2 Å². The number of aliphatic hydroxyl groups excluding tert-OH is 2. The largest absolute Gasteiger partial charge is 0.390 e. The summed E-state index contributed by atoms with van der Waals surface area (Å²) < 4.78 is 17.4. The summed E-state index contributed by atoms with van der Waals surface area (Å²) in [5, 5.41) is 19.0. The van der Waals surface area contributed by atoms with Crippen molar-refractivity contribution in [3.8, 4) is 0 Å². The highest BCUT2D eigenvalue weighted by atomic mass is 32.2. The smallest absolute Gasteiger partial charge is 0.172 e. The highest BCUT2D eigenvalue weighted by Gasteiger charge is 2.51. The van der Waals surface area contributed by atoms with E-state index in [-0.39, 0.29) is 11.0 Å². The Morgan fingerprint density at radius 2 is 1.67 bits per heavy atom. The SMILES string of the molecule is OC1COC2(CCCC3(C2)OCC(O)CS3)OC1. The van der Waals surface area contributed by atoms with Crippen LogP contribution in [0.4, 0.5) is 0 Å². The van der Waals surface area contributed by atoms with Gasteiger partial charge in [-0.1, -0.05) is 0 Å². The minimum Gasteiger partial charge on any atom is -0.390 e. The molecule has 2 spiro atoms. The van der Waals surface area contributed by atoms with Crippen LogP contribution in [-0.4, -0.2) is 58.7 Å². The minimum absolute atomic E-state index is 0.278.